The number of benzene rings is 1. The number of alkyl halides is 2. The lowest BCUT2D eigenvalue weighted by Gasteiger charge is -2.34. The van der Waals surface area contributed by atoms with E-state index in [1.54, 1.807) is 38.2 Å². The zero-order valence-electron chi connectivity index (χ0n) is 19.0. The number of halogens is 3. The maximum atomic E-state index is 14.8. The number of anilines is 2. The topological polar surface area (TPSA) is 60.0 Å². The molecule has 1 aromatic heterocycles. The van der Waals surface area contributed by atoms with Crippen molar-refractivity contribution >= 4 is 28.6 Å². The molecule has 1 amide bonds. The molecular weight excluding hydrogens is 467 g/mol. The lowest BCUT2D eigenvalue weighted by Crippen LogP contribution is -2.47. The molecule has 3 heterocycles. The molecule has 1 aliphatic carbocycles. The molecule has 0 bridgehead atoms. The minimum atomic E-state index is -2.71. The van der Waals surface area contributed by atoms with Crippen LogP contribution < -0.4 is 8.61 Å². The van der Waals surface area contributed by atoms with Crippen LogP contribution in [0.1, 0.15) is 20.3 Å². The Morgan fingerprint density at radius 1 is 1.21 bits per heavy atom. The molecule has 11 heteroatoms. The molecule has 5 rings (SSSR count). The van der Waals surface area contributed by atoms with Gasteiger partial charge in [-0.2, -0.15) is 0 Å². The maximum absolute atomic E-state index is 14.8. The molecule has 34 heavy (non-hydrogen) atoms. The molecule has 1 saturated heterocycles. The highest BCUT2D eigenvalue weighted by atomic mass is 32.2. The van der Waals surface area contributed by atoms with Crippen molar-refractivity contribution in [1.82, 2.24) is 14.8 Å². The third-order valence-electron chi connectivity index (χ3n) is 6.72. The maximum Gasteiger partial charge on any atom is 0.253 e. The van der Waals surface area contributed by atoms with Crippen LogP contribution in [0.4, 0.5) is 24.7 Å². The molecule has 2 fully saturated rings. The number of piperazine rings is 1. The van der Waals surface area contributed by atoms with Gasteiger partial charge in [0.15, 0.2) is 5.82 Å². The van der Waals surface area contributed by atoms with E-state index >= 15 is 0 Å². The lowest BCUT2D eigenvalue weighted by molar-refractivity contribution is -0.130. The van der Waals surface area contributed by atoms with Crippen molar-refractivity contribution in [3.05, 3.63) is 41.7 Å². The fourth-order valence-electron chi connectivity index (χ4n) is 4.50. The highest BCUT2D eigenvalue weighted by Gasteiger charge is 2.58. The molecule has 0 radical (unpaired) electrons. The number of nitrogens with zero attached hydrogens (tertiary/aromatic N) is 5. The predicted octanol–water partition coefficient (Wildman–Crippen LogP) is 3.29. The molecule has 7 nitrogen and oxygen atoms in total. The monoisotopic (exact) mass is 495 g/mol. The van der Waals surface area contributed by atoms with Crippen molar-refractivity contribution in [1.29, 1.82) is 0 Å². The molecule has 2 atom stereocenters. The number of hydrogen-bond donors (Lipinski definition) is 0. The third kappa shape index (κ3) is 4.26. The van der Waals surface area contributed by atoms with Crippen LogP contribution in [0.5, 0.6) is 0 Å². The molecule has 0 spiro atoms. The summed E-state index contributed by atoms with van der Waals surface area (Å²) in [6.45, 7) is 5.01. The summed E-state index contributed by atoms with van der Waals surface area (Å²) in [5.41, 5.74) is 2.15. The number of rotatable bonds is 5. The van der Waals surface area contributed by atoms with Gasteiger partial charge in [-0.1, -0.05) is 6.07 Å². The summed E-state index contributed by atoms with van der Waals surface area (Å²) in [4.78, 5) is 20.1. The number of hydrogen-bond acceptors (Lipinski definition) is 4. The van der Waals surface area contributed by atoms with Crippen LogP contribution in [0, 0.1) is 11.7 Å². The first-order valence-electron chi connectivity index (χ1n) is 11.2. The van der Waals surface area contributed by atoms with Crippen LogP contribution >= 0.6 is 0 Å². The van der Waals surface area contributed by atoms with Crippen molar-refractivity contribution in [3.63, 3.8) is 0 Å². The Morgan fingerprint density at radius 3 is 2.56 bits per heavy atom. The van der Waals surface area contributed by atoms with E-state index in [0.29, 0.717) is 42.4 Å². The fourth-order valence-corrected chi connectivity index (χ4v) is 5.70. The first kappa shape index (κ1) is 23.1. The number of carbonyl (C=O) groups excluding carboxylic acids is 1. The Morgan fingerprint density at radius 2 is 1.91 bits per heavy atom. The van der Waals surface area contributed by atoms with Gasteiger partial charge in [-0.15, -0.1) is 0 Å². The number of pyridine rings is 1. The lowest BCUT2D eigenvalue weighted by atomic mass is 10.1. The normalized spacial score (nSPS) is 23.9. The van der Waals surface area contributed by atoms with Crippen molar-refractivity contribution in [2.45, 2.75) is 25.8 Å². The molecule has 3 aliphatic rings. The number of fused-ring (bicyclic) bond motifs is 1. The number of aromatic nitrogens is 1. The Hall–Kier alpha value is -2.66. The highest BCUT2D eigenvalue weighted by molar-refractivity contribution is 7.88. The average Bonchev–Trinajstić information content (AvgIpc) is 3.35. The van der Waals surface area contributed by atoms with Gasteiger partial charge in [0.2, 0.25) is 17.1 Å². The molecule has 1 saturated carbocycles. The quantitative estimate of drug-likeness (QED) is 0.639. The Bertz CT molecular complexity index is 1160. The molecular formula is C23H28F3N5O2S. The van der Waals surface area contributed by atoms with Gasteiger partial charge in [0.1, 0.15) is 5.82 Å². The Kier molecular flexibility index (Phi) is 5.79. The standard InChI is InChI=1S/C23H26F3N5O2S.H2/c1-15(32)30-9-7-29(8-10-30)13-16-3-4-19(24)18(11-16)20-5-6-21-22(27-20)28(2)34(33)31(21)14-17-12-23(17,25)26;/h3-6,11,17H,7-10,12-14H2,1-2H3;1H. The SMILES string of the molecule is CC(=O)N1CCN(Cc2ccc(F)c(-c3ccc4c(n3)N(C)S(=O)N4CC3CC3(F)F)c2)CC1.[HH]. The minimum absolute atomic E-state index is 0. The van der Waals surface area contributed by atoms with Gasteiger partial charge < -0.3 is 4.90 Å². The van der Waals surface area contributed by atoms with E-state index < -0.39 is 28.8 Å². The second-order valence-electron chi connectivity index (χ2n) is 9.09. The zero-order chi connectivity index (χ0) is 24.2. The van der Waals surface area contributed by atoms with Gasteiger partial charge in [-0.3, -0.25) is 18.3 Å². The van der Waals surface area contributed by atoms with Crippen LogP contribution in [0.15, 0.2) is 30.3 Å². The van der Waals surface area contributed by atoms with Crippen molar-refractivity contribution < 1.29 is 23.6 Å². The molecule has 2 aromatic rings. The smallest absolute Gasteiger partial charge is 0.253 e. The molecule has 0 N–H and O–H groups in total. The van der Waals surface area contributed by atoms with E-state index in [4.69, 9.17) is 0 Å². The van der Waals surface area contributed by atoms with E-state index in [0.717, 1.165) is 18.7 Å². The highest BCUT2D eigenvalue weighted by Crippen LogP contribution is 2.51. The van der Waals surface area contributed by atoms with E-state index in [9.17, 15) is 22.2 Å². The number of amides is 1. The Labute approximate surface area is 200 Å². The van der Waals surface area contributed by atoms with Gasteiger partial charge in [0, 0.05) is 72.6 Å². The van der Waals surface area contributed by atoms with E-state index in [2.05, 4.69) is 9.88 Å². The first-order valence-corrected chi connectivity index (χ1v) is 12.3. The van der Waals surface area contributed by atoms with Gasteiger partial charge in [0.25, 0.3) is 5.92 Å². The third-order valence-corrected chi connectivity index (χ3v) is 8.08. The van der Waals surface area contributed by atoms with Crippen molar-refractivity contribution in [2.24, 2.45) is 5.92 Å². The summed E-state index contributed by atoms with van der Waals surface area (Å²) < 4.78 is 57.3. The summed E-state index contributed by atoms with van der Waals surface area (Å²) in [6.07, 6.45) is -0.201. The van der Waals surface area contributed by atoms with Gasteiger partial charge in [-0.25, -0.2) is 22.4 Å². The average molecular weight is 496 g/mol. The summed E-state index contributed by atoms with van der Waals surface area (Å²) in [6, 6.07) is 8.22. The van der Waals surface area contributed by atoms with Crippen LogP contribution in [-0.4, -0.2) is 70.6 Å². The molecule has 1 aromatic carbocycles. The Balaban J connectivity index is 0.00000289. The van der Waals surface area contributed by atoms with Crippen LogP contribution in [0.3, 0.4) is 0 Å². The van der Waals surface area contributed by atoms with E-state index in [-0.39, 0.29) is 20.3 Å². The van der Waals surface area contributed by atoms with Crippen LogP contribution in [0.25, 0.3) is 11.3 Å². The predicted molar refractivity (Wildman–Crippen MR) is 126 cm³/mol. The largest absolute Gasteiger partial charge is 0.340 e. The summed E-state index contributed by atoms with van der Waals surface area (Å²) in [5, 5.41) is 0. The van der Waals surface area contributed by atoms with E-state index in [1.165, 1.54) is 14.7 Å². The van der Waals surface area contributed by atoms with Gasteiger partial charge in [-0.05, 0) is 29.8 Å². The summed E-state index contributed by atoms with van der Waals surface area (Å²) in [5.74, 6) is -3.50. The van der Waals surface area contributed by atoms with Crippen LogP contribution in [-0.2, 0) is 22.5 Å². The second-order valence-corrected chi connectivity index (χ2v) is 10.5. The van der Waals surface area contributed by atoms with Crippen molar-refractivity contribution in [2.75, 3.05) is 48.4 Å². The second kappa shape index (κ2) is 8.53. The summed E-state index contributed by atoms with van der Waals surface area (Å²) in [7, 11) is 1.59. The molecule has 2 unspecified atom stereocenters. The van der Waals surface area contributed by atoms with E-state index in [1.807, 2.05) is 4.90 Å². The summed E-state index contributed by atoms with van der Waals surface area (Å²) >= 11 is -1.66. The zero-order valence-corrected chi connectivity index (χ0v) is 19.8. The minimum Gasteiger partial charge on any atom is -0.340 e. The molecule has 2 aliphatic heterocycles. The fraction of sp³-hybridized carbons (Fsp3) is 0.478. The number of carbonyl (C=O) groups is 1. The van der Waals surface area contributed by atoms with Gasteiger partial charge in [0.05, 0.1) is 11.4 Å². The molecule has 184 valence electrons. The van der Waals surface area contributed by atoms with Gasteiger partial charge >= 0.3 is 0 Å². The van der Waals surface area contributed by atoms with Crippen LogP contribution in [0.2, 0.25) is 0 Å². The first-order chi connectivity index (χ1) is 16.1. The van der Waals surface area contributed by atoms with Crippen molar-refractivity contribution in [3.8, 4) is 11.3 Å².